The molecule has 0 bridgehead atoms. The van der Waals surface area contributed by atoms with Crippen LogP contribution in [0.2, 0.25) is 0 Å². The Labute approximate surface area is 230 Å². The summed E-state index contributed by atoms with van der Waals surface area (Å²) in [7, 11) is 0. The highest BCUT2D eigenvalue weighted by Crippen LogP contribution is 2.31. The number of hydrogen-bond acceptors (Lipinski definition) is 9. The number of benzene rings is 2. The summed E-state index contributed by atoms with van der Waals surface area (Å²) >= 11 is 0. The number of nitro benzene ring substituents is 1. The smallest absolute Gasteiger partial charge is 0.269 e. The number of nitrogens with two attached hydrogens (primary N) is 1. The van der Waals surface area contributed by atoms with Crippen LogP contribution in [0.5, 0.6) is 0 Å². The van der Waals surface area contributed by atoms with Crippen LogP contribution in [0.25, 0.3) is 23.3 Å². The first-order chi connectivity index (χ1) is 19.4. The number of ether oxygens (including phenoxy) is 1. The first kappa shape index (κ1) is 26.8. The molecule has 0 unspecified atom stereocenters. The lowest BCUT2D eigenvalue weighted by atomic mass is 10.1. The van der Waals surface area contributed by atoms with Crippen molar-refractivity contribution in [1.29, 1.82) is 0 Å². The topological polar surface area (TPSA) is 154 Å². The summed E-state index contributed by atoms with van der Waals surface area (Å²) in [4.78, 5) is 37.9. The van der Waals surface area contributed by atoms with Gasteiger partial charge < -0.3 is 20.7 Å². The van der Waals surface area contributed by atoms with Gasteiger partial charge in [0.15, 0.2) is 11.5 Å². The number of likely N-dealkylation sites (N-methyl/N-ethyl adjacent to an activating group) is 1. The Morgan fingerprint density at radius 1 is 1.12 bits per heavy atom. The first-order valence-electron chi connectivity index (χ1n) is 13.1. The molecule has 0 radical (unpaired) electrons. The molecule has 0 aliphatic carbocycles. The summed E-state index contributed by atoms with van der Waals surface area (Å²) in [6.45, 7) is 3.99. The third kappa shape index (κ3) is 5.91. The average molecular weight is 543 g/mol. The number of fused-ring (bicyclic) bond motifs is 1. The van der Waals surface area contributed by atoms with Gasteiger partial charge in [0.05, 0.1) is 11.3 Å². The molecular weight excluding hydrogens is 512 g/mol. The number of nitrogen functional groups attached to an aromatic ring is 1. The molecule has 3 heterocycles. The van der Waals surface area contributed by atoms with E-state index in [1.54, 1.807) is 23.0 Å². The molecule has 4 aromatic rings. The van der Waals surface area contributed by atoms with Crippen molar-refractivity contribution in [2.45, 2.75) is 32.1 Å². The van der Waals surface area contributed by atoms with Crippen LogP contribution in [-0.4, -0.2) is 56.1 Å². The minimum absolute atomic E-state index is 0.0713. The van der Waals surface area contributed by atoms with Gasteiger partial charge in [-0.25, -0.2) is 15.0 Å². The maximum Gasteiger partial charge on any atom is 0.269 e. The number of non-ortho nitro benzene ring substituents is 1. The Morgan fingerprint density at radius 2 is 1.82 bits per heavy atom. The number of rotatable bonds is 10. The van der Waals surface area contributed by atoms with Gasteiger partial charge in [-0.1, -0.05) is 24.3 Å². The molecule has 1 aliphatic heterocycles. The summed E-state index contributed by atoms with van der Waals surface area (Å²) in [5.74, 6) is 0.175. The van der Waals surface area contributed by atoms with E-state index in [9.17, 15) is 14.9 Å². The van der Waals surface area contributed by atoms with E-state index in [1.807, 2.05) is 36.4 Å². The van der Waals surface area contributed by atoms with E-state index in [0.717, 1.165) is 23.4 Å². The molecule has 5 rings (SSSR count). The maximum atomic E-state index is 12.8. The minimum Gasteiger partial charge on any atom is -0.382 e. The Kier molecular flexibility index (Phi) is 7.97. The van der Waals surface area contributed by atoms with Crippen molar-refractivity contribution in [3.63, 3.8) is 0 Å². The van der Waals surface area contributed by atoms with Crippen molar-refractivity contribution in [3.8, 4) is 0 Å². The van der Waals surface area contributed by atoms with Gasteiger partial charge in [-0.15, -0.1) is 0 Å². The van der Waals surface area contributed by atoms with Crippen molar-refractivity contribution in [2.75, 3.05) is 30.3 Å². The molecule has 2 aromatic heterocycles. The second-order valence-electron chi connectivity index (χ2n) is 9.38. The number of nitro groups is 1. The van der Waals surface area contributed by atoms with Crippen LogP contribution in [0.4, 0.5) is 17.2 Å². The second-order valence-corrected chi connectivity index (χ2v) is 9.38. The van der Waals surface area contributed by atoms with Crippen LogP contribution in [0.3, 0.4) is 0 Å². The number of amides is 1. The molecule has 1 amide bonds. The number of carbonyl (C=O) groups is 1. The monoisotopic (exact) mass is 542 g/mol. The highest BCUT2D eigenvalue weighted by atomic mass is 16.6. The fraction of sp³-hybridized carbons (Fsp3) is 0.286. The Balaban J connectivity index is 1.11. The molecule has 206 valence electrons. The largest absolute Gasteiger partial charge is 0.382 e. The van der Waals surface area contributed by atoms with Gasteiger partial charge >= 0.3 is 0 Å². The Bertz CT molecular complexity index is 1520. The summed E-state index contributed by atoms with van der Waals surface area (Å²) in [5.41, 5.74) is 10.0. The van der Waals surface area contributed by atoms with E-state index >= 15 is 0 Å². The number of aromatic nitrogens is 4. The van der Waals surface area contributed by atoms with E-state index < -0.39 is 11.0 Å². The van der Waals surface area contributed by atoms with E-state index in [2.05, 4.69) is 32.1 Å². The van der Waals surface area contributed by atoms with Gasteiger partial charge in [0.2, 0.25) is 5.91 Å². The van der Waals surface area contributed by atoms with Crippen LogP contribution < -0.4 is 16.0 Å². The predicted molar refractivity (Wildman–Crippen MR) is 152 cm³/mol. The number of anilines is 2. The zero-order valence-electron chi connectivity index (χ0n) is 22.0. The fourth-order valence-electron chi connectivity index (χ4n) is 4.69. The highest BCUT2D eigenvalue weighted by molar-refractivity contribution is 5.82. The van der Waals surface area contributed by atoms with E-state index in [-0.39, 0.29) is 17.8 Å². The van der Waals surface area contributed by atoms with E-state index in [1.165, 1.54) is 18.5 Å². The maximum absolute atomic E-state index is 12.8. The molecular formula is C28H30N8O4. The quantitative estimate of drug-likeness (QED) is 0.173. The molecule has 12 heteroatoms. The normalized spacial score (nSPS) is 16.9. The van der Waals surface area contributed by atoms with Crippen molar-refractivity contribution < 1.29 is 14.5 Å². The lowest BCUT2D eigenvalue weighted by Crippen LogP contribution is -2.39. The molecule has 0 spiro atoms. The SMILES string of the molecule is CCN(CCNC(=O)[C@@H]1CC[C@H](n2cnc3c(N)ncnc32)O1)c1ccc(/C=C/c2ccc([N+](=O)[O-])cc2)cc1. The summed E-state index contributed by atoms with van der Waals surface area (Å²) in [5, 5.41) is 13.8. The lowest BCUT2D eigenvalue weighted by molar-refractivity contribution is -0.384. The van der Waals surface area contributed by atoms with E-state index in [0.29, 0.717) is 42.9 Å². The molecule has 2 atom stereocenters. The number of nitrogens with zero attached hydrogens (tertiary/aromatic N) is 6. The lowest BCUT2D eigenvalue weighted by Gasteiger charge is -2.24. The van der Waals surface area contributed by atoms with Gasteiger partial charge in [-0.2, -0.15) is 0 Å². The number of carbonyl (C=O) groups excluding carboxylic acids is 1. The standard InChI is InChI=1S/C28H30N8O4/c1-2-34(21-9-5-19(6-10-21)3-4-20-7-11-22(12-8-20)36(38)39)16-15-30-28(37)23-13-14-24(40-23)35-18-33-25-26(29)31-17-32-27(25)35/h3-12,17-18,23-24H,2,13-16H2,1H3,(H,30,37)(H2,29,31,32)/b4-3+/t23-,24+/m0/s1. The van der Waals surface area contributed by atoms with E-state index in [4.69, 9.17) is 10.5 Å². The molecule has 12 nitrogen and oxygen atoms in total. The molecule has 3 N–H and O–H groups in total. The fourth-order valence-corrected chi connectivity index (χ4v) is 4.69. The van der Waals surface area contributed by atoms with Crippen LogP contribution in [0.15, 0.2) is 61.2 Å². The minimum atomic E-state index is -0.543. The first-order valence-corrected chi connectivity index (χ1v) is 13.1. The molecule has 1 aliphatic rings. The van der Waals surface area contributed by atoms with Gasteiger partial charge in [0.1, 0.15) is 24.2 Å². The van der Waals surface area contributed by atoms with Gasteiger partial charge in [0.25, 0.3) is 5.69 Å². The van der Waals surface area contributed by atoms with Gasteiger partial charge in [-0.3, -0.25) is 19.5 Å². The zero-order chi connectivity index (χ0) is 28.1. The number of hydrogen-bond donors (Lipinski definition) is 2. The number of imidazole rings is 1. The van der Waals surface area contributed by atoms with Crippen molar-refractivity contribution in [3.05, 3.63) is 82.4 Å². The molecule has 40 heavy (non-hydrogen) atoms. The Morgan fingerprint density at radius 3 is 2.50 bits per heavy atom. The van der Waals surface area contributed by atoms with Crippen LogP contribution in [0.1, 0.15) is 37.1 Å². The number of nitrogens with one attached hydrogen (secondary N) is 1. The van der Waals surface area contributed by atoms with Crippen molar-refractivity contribution in [2.24, 2.45) is 0 Å². The molecule has 1 fully saturated rings. The second kappa shape index (κ2) is 11.9. The van der Waals surface area contributed by atoms with Crippen molar-refractivity contribution in [1.82, 2.24) is 24.8 Å². The average Bonchev–Trinajstić information content (AvgIpc) is 3.63. The third-order valence-electron chi connectivity index (χ3n) is 6.88. The van der Waals surface area contributed by atoms with Crippen LogP contribution in [0, 0.1) is 10.1 Å². The van der Waals surface area contributed by atoms with Crippen LogP contribution >= 0.6 is 0 Å². The third-order valence-corrected chi connectivity index (χ3v) is 6.88. The summed E-state index contributed by atoms with van der Waals surface area (Å²) in [6.07, 6.45) is 7.28. The van der Waals surface area contributed by atoms with Crippen LogP contribution in [-0.2, 0) is 9.53 Å². The summed E-state index contributed by atoms with van der Waals surface area (Å²) < 4.78 is 7.82. The predicted octanol–water partition coefficient (Wildman–Crippen LogP) is 3.81. The molecule has 0 saturated carbocycles. The highest BCUT2D eigenvalue weighted by Gasteiger charge is 2.32. The zero-order valence-corrected chi connectivity index (χ0v) is 22.0. The summed E-state index contributed by atoms with van der Waals surface area (Å²) in [6, 6.07) is 14.5. The Hall–Kier alpha value is -4.84. The molecule has 2 aromatic carbocycles. The molecule has 1 saturated heterocycles. The van der Waals surface area contributed by atoms with Crippen molar-refractivity contribution >= 4 is 46.4 Å². The van der Waals surface area contributed by atoms with Gasteiger partial charge in [-0.05, 0) is 55.2 Å². The van der Waals surface area contributed by atoms with Gasteiger partial charge in [0, 0.05) is 37.5 Å².